The highest BCUT2D eigenvalue weighted by atomic mass is 79.9. The third kappa shape index (κ3) is 1.15. The molecular weight excluding hydrogens is 224 g/mol. The highest BCUT2D eigenvalue weighted by Crippen LogP contribution is 2.74. The van der Waals surface area contributed by atoms with Crippen molar-refractivity contribution in [2.24, 2.45) is 22.7 Å². The first-order valence-electron chi connectivity index (χ1n) is 5.61. The molecule has 2 unspecified atom stereocenters. The van der Waals surface area contributed by atoms with Crippen LogP contribution in [0.4, 0.5) is 0 Å². The molecule has 2 aliphatic carbocycles. The monoisotopic (exact) mass is 244 g/mol. The molecule has 0 nitrogen and oxygen atoms in total. The maximum absolute atomic E-state index is 3.67. The van der Waals surface area contributed by atoms with Gasteiger partial charge >= 0.3 is 0 Å². The van der Waals surface area contributed by atoms with Gasteiger partial charge in [0.15, 0.2) is 0 Å². The first-order chi connectivity index (χ1) is 6.05. The molecule has 0 aliphatic heterocycles. The lowest BCUT2D eigenvalue weighted by atomic mass is 9.83. The molecule has 0 heterocycles. The van der Waals surface area contributed by atoms with E-state index in [1.165, 1.54) is 31.0 Å². The summed E-state index contributed by atoms with van der Waals surface area (Å²) in [6.07, 6.45) is 5.93. The lowest BCUT2D eigenvalue weighted by molar-refractivity contribution is 0.268. The highest BCUT2D eigenvalue weighted by Gasteiger charge is 2.69. The molecule has 0 aromatic rings. The molecule has 0 bridgehead atoms. The molecule has 0 spiro atoms. The Kier molecular flexibility index (Phi) is 2.30. The number of hydrogen-bond acceptors (Lipinski definition) is 0. The van der Waals surface area contributed by atoms with Gasteiger partial charge in [0.1, 0.15) is 0 Å². The van der Waals surface area contributed by atoms with Crippen molar-refractivity contribution >= 4 is 15.9 Å². The minimum Gasteiger partial charge on any atom is -0.0925 e. The second kappa shape index (κ2) is 2.98. The van der Waals surface area contributed by atoms with Crippen LogP contribution in [-0.4, -0.2) is 5.33 Å². The number of halogens is 1. The molecule has 0 saturated heterocycles. The molecule has 76 valence electrons. The average Bonchev–Trinajstić information content (AvgIpc) is 2.52. The minimum atomic E-state index is 0.589. The van der Waals surface area contributed by atoms with Crippen molar-refractivity contribution in [2.75, 3.05) is 5.33 Å². The topological polar surface area (TPSA) is 0 Å². The van der Waals surface area contributed by atoms with Crippen LogP contribution in [0.1, 0.15) is 46.5 Å². The van der Waals surface area contributed by atoms with Crippen molar-refractivity contribution in [3.63, 3.8) is 0 Å². The Morgan fingerprint density at radius 2 is 1.69 bits per heavy atom. The van der Waals surface area contributed by atoms with Crippen LogP contribution in [0.2, 0.25) is 0 Å². The molecule has 0 amide bonds. The summed E-state index contributed by atoms with van der Waals surface area (Å²) in [4.78, 5) is 0. The van der Waals surface area contributed by atoms with Crippen LogP contribution >= 0.6 is 15.9 Å². The third-order valence-corrected chi connectivity index (χ3v) is 5.91. The summed E-state index contributed by atoms with van der Waals surface area (Å²) in [5, 5.41) is 1.20. The predicted octanol–water partition coefficient (Wildman–Crippen LogP) is 4.23. The van der Waals surface area contributed by atoms with Gasteiger partial charge < -0.3 is 0 Å². The van der Waals surface area contributed by atoms with Crippen LogP contribution < -0.4 is 0 Å². The molecular formula is C12H21Br. The van der Waals surface area contributed by atoms with E-state index >= 15 is 0 Å². The summed E-state index contributed by atoms with van der Waals surface area (Å²) >= 11 is 3.67. The zero-order chi connectivity index (χ0) is 9.69. The smallest absolute Gasteiger partial charge is 0.00704 e. The first kappa shape index (κ1) is 10.0. The van der Waals surface area contributed by atoms with E-state index in [9.17, 15) is 0 Å². The summed E-state index contributed by atoms with van der Waals surface area (Å²) in [5.74, 6) is 1.94. The summed E-state index contributed by atoms with van der Waals surface area (Å²) < 4.78 is 0. The van der Waals surface area contributed by atoms with Crippen LogP contribution in [0.3, 0.4) is 0 Å². The molecule has 2 fully saturated rings. The number of rotatable bonds is 2. The van der Waals surface area contributed by atoms with Crippen LogP contribution in [0.25, 0.3) is 0 Å². The van der Waals surface area contributed by atoms with E-state index in [1.54, 1.807) is 0 Å². The van der Waals surface area contributed by atoms with Gasteiger partial charge in [-0.25, -0.2) is 0 Å². The molecule has 0 aromatic carbocycles. The van der Waals surface area contributed by atoms with Gasteiger partial charge in [-0.05, 0) is 35.5 Å². The van der Waals surface area contributed by atoms with Gasteiger partial charge in [-0.2, -0.15) is 0 Å². The Labute approximate surface area is 90.6 Å². The van der Waals surface area contributed by atoms with E-state index in [2.05, 4.69) is 36.7 Å². The van der Waals surface area contributed by atoms with Gasteiger partial charge in [0.25, 0.3) is 0 Å². The summed E-state index contributed by atoms with van der Waals surface area (Å²) in [7, 11) is 0. The second-order valence-electron chi connectivity index (χ2n) is 5.69. The number of hydrogen-bond donors (Lipinski definition) is 0. The Morgan fingerprint density at radius 3 is 2.08 bits per heavy atom. The first-order valence-corrected chi connectivity index (χ1v) is 6.73. The number of alkyl halides is 1. The maximum atomic E-state index is 3.67. The van der Waals surface area contributed by atoms with E-state index in [0.717, 1.165) is 11.8 Å². The Morgan fingerprint density at radius 1 is 1.15 bits per heavy atom. The Balaban J connectivity index is 2.13. The summed E-state index contributed by atoms with van der Waals surface area (Å²) in [6.45, 7) is 7.43. The molecule has 0 radical (unpaired) electrons. The van der Waals surface area contributed by atoms with Gasteiger partial charge in [0, 0.05) is 5.33 Å². The van der Waals surface area contributed by atoms with Gasteiger partial charge in [0.2, 0.25) is 0 Å². The maximum Gasteiger partial charge on any atom is 0.00704 e. The molecule has 13 heavy (non-hydrogen) atoms. The lowest BCUT2D eigenvalue weighted by Crippen LogP contribution is -2.15. The molecule has 2 rings (SSSR count). The van der Waals surface area contributed by atoms with E-state index in [4.69, 9.17) is 0 Å². The van der Waals surface area contributed by atoms with E-state index in [1.807, 2.05) is 0 Å². The van der Waals surface area contributed by atoms with E-state index < -0.39 is 0 Å². The van der Waals surface area contributed by atoms with Crippen molar-refractivity contribution in [1.82, 2.24) is 0 Å². The van der Waals surface area contributed by atoms with Crippen LogP contribution in [0.5, 0.6) is 0 Å². The largest absolute Gasteiger partial charge is 0.0925 e. The van der Waals surface area contributed by atoms with E-state index in [0.29, 0.717) is 10.8 Å². The minimum absolute atomic E-state index is 0.589. The second-order valence-corrected chi connectivity index (χ2v) is 6.34. The zero-order valence-corrected chi connectivity index (χ0v) is 10.7. The van der Waals surface area contributed by atoms with Gasteiger partial charge in [-0.15, -0.1) is 0 Å². The molecule has 0 aromatic heterocycles. The lowest BCUT2D eigenvalue weighted by Gasteiger charge is -2.22. The fraction of sp³-hybridized carbons (Fsp3) is 1.00. The van der Waals surface area contributed by atoms with Crippen LogP contribution in [0, 0.1) is 22.7 Å². The molecule has 2 atom stereocenters. The van der Waals surface area contributed by atoms with Crippen molar-refractivity contribution in [1.29, 1.82) is 0 Å². The standard InChI is InChI=1S/C12H21Br/c1-11(2)10(8-13)12(11,3)9-6-4-5-7-9/h9-10H,4-8H2,1-3H3. The van der Waals surface area contributed by atoms with Gasteiger partial charge in [0.05, 0.1) is 0 Å². The van der Waals surface area contributed by atoms with Crippen LogP contribution in [0.15, 0.2) is 0 Å². The van der Waals surface area contributed by atoms with Crippen molar-refractivity contribution in [2.45, 2.75) is 46.5 Å². The Hall–Kier alpha value is 0.480. The third-order valence-electron chi connectivity index (χ3n) is 5.26. The van der Waals surface area contributed by atoms with Crippen molar-refractivity contribution < 1.29 is 0 Å². The molecule has 2 saturated carbocycles. The quantitative estimate of drug-likeness (QED) is 0.638. The predicted molar refractivity (Wildman–Crippen MR) is 61.1 cm³/mol. The van der Waals surface area contributed by atoms with Crippen LogP contribution in [-0.2, 0) is 0 Å². The SMILES string of the molecule is CC1(C)C(CBr)C1(C)C1CCCC1. The fourth-order valence-electron chi connectivity index (χ4n) is 3.83. The summed E-state index contributed by atoms with van der Waals surface area (Å²) in [6, 6.07) is 0. The van der Waals surface area contributed by atoms with Crippen molar-refractivity contribution in [3.05, 3.63) is 0 Å². The average molecular weight is 245 g/mol. The fourth-order valence-corrected chi connectivity index (χ4v) is 5.31. The summed E-state index contributed by atoms with van der Waals surface area (Å²) in [5.41, 5.74) is 1.23. The molecule has 0 N–H and O–H groups in total. The van der Waals surface area contributed by atoms with Gasteiger partial charge in [-0.1, -0.05) is 49.5 Å². The highest BCUT2D eigenvalue weighted by molar-refractivity contribution is 9.09. The van der Waals surface area contributed by atoms with Gasteiger partial charge in [-0.3, -0.25) is 0 Å². The zero-order valence-electron chi connectivity index (χ0n) is 9.07. The Bertz CT molecular complexity index is 203. The normalized spacial score (nSPS) is 43.8. The van der Waals surface area contributed by atoms with Crippen molar-refractivity contribution in [3.8, 4) is 0 Å². The molecule has 2 aliphatic rings. The van der Waals surface area contributed by atoms with E-state index in [-0.39, 0.29) is 0 Å². The molecule has 1 heteroatoms.